The number of aromatic nitrogens is 3. The van der Waals surface area contributed by atoms with Crippen LogP contribution in [0.25, 0.3) is 93.6 Å². The SMILES string of the molecule is Cc1ccc(-c2c(-n3c4ccc(C)cc4c4cc(C)ccc43)c(C#N)c(-n3c4ccccc4c4ccccc43)c(C#N)c2-n2c3ccc(C)cc3c3cc(C)ccc32)cc1. The fourth-order valence-corrected chi connectivity index (χ4v) is 9.73. The average Bonchev–Trinajstić information content (AvgIpc) is 3.87. The number of para-hydroxylation sites is 2. The third kappa shape index (κ3) is 4.97. The predicted octanol–water partition coefficient (Wildman–Crippen LogP) is 13.9. The van der Waals surface area contributed by atoms with E-state index in [1.807, 2.05) is 12.1 Å². The number of fused-ring (bicyclic) bond motifs is 9. The second-order valence-corrected chi connectivity index (χ2v) is 16.4. The van der Waals surface area contributed by atoms with Gasteiger partial charge in [0, 0.05) is 37.9 Å². The van der Waals surface area contributed by atoms with E-state index in [1.165, 1.54) is 0 Å². The van der Waals surface area contributed by atoms with Gasteiger partial charge in [0.15, 0.2) is 0 Å². The molecule has 0 amide bonds. The smallest absolute Gasteiger partial charge is 0.104 e. The number of nitriles is 2. The van der Waals surface area contributed by atoms with Gasteiger partial charge in [-0.3, -0.25) is 0 Å². The van der Waals surface area contributed by atoms with E-state index in [4.69, 9.17) is 0 Å². The summed E-state index contributed by atoms with van der Waals surface area (Å²) in [5.74, 6) is 0. The second-order valence-electron chi connectivity index (χ2n) is 16.4. The average molecular weight is 770 g/mol. The molecule has 0 saturated carbocycles. The summed E-state index contributed by atoms with van der Waals surface area (Å²) in [6, 6.07) is 57.1. The van der Waals surface area contributed by atoms with E-state index in [9.17, 15) is 10.5 Å². The van der Waals surface area contributed by atoms with Gasteiger partial charge in [-0.1, -0.05) is 113 Å². The molecule has 0 bridgehead atoms. The molecule has 0 saturated heterocycles. The van der Waals surface area contributed by atoms with Gasteiger partial charge >= 0.3 is 0 Å². The maximum atomic E-state index is 11.9. The van der Waals surface area contributed by atoms with Crippen molar-refractivity contribution < 1.29 is 0 Å². The minimum Gasteiger partial charge on any atom is -0.307 e. The molecule has 284 valence electrons. The van der Waals surface area contributed by atoms with Crippen LogP contribution in [-0.2, 0) is 0 Å². The van der Waals surface area contributed by atoms with Gasteiger partial charge < -0.3 is 13.7 Å². The summed E-state index contributed by atoms with van der Waals surface area (Å²) in [5.41, 5.74) is 16.1. The Morgan fingerprint density at radius 1 is 0.333 bits per heavy atom. The molecule has 3 heterocycles. The van der Waals surface area contributed by atoms with Gasteiger partial charge in [0.1, 0.15) is 23.3 Å². The van der Waals surface area contributed by atoms with Gasteiger partial charge in [-0.25, -0.2) is 0 Å². The molecular weight excluding hydrogens is 731 g/mol. The Bertz CT molecular complexity index is 3390. The van der Waals surface area contributed by atoms with E-state index in [0.717, 1.165) is 116 Å². The third-order valence-corrected chi connectivity index (χ3v) is 12.4. The van der Waals surface area contributed by atoms with Crippen LogP contribution >= 0.6 is 0 Å². The van der Waals surface area contributed by atoms with Crippen LogP contribution in [0.1, 0.15) is 38.9 Å². The number of nitrogens with zero attached hydrogens (tertiary/aromatic N) is 5. The first-order valence-corrected chi connectivity index (χ1v) is 20.4. The minimum atomic E-state index is 0.421. The summed E-state index contributed by atoms with van der Waals surface area (Å²) in [7, 11) is 0. The van der Waals surface area contributed by atoms with Crippen molar-refractivity contribution >= 4 is 65.4 Å². The van der Waals surface area contributed by atoms with Gasteiger partial charge in [0.25, 0.3) is 0 Å². The zero-order valence-electron chi connectivity index (χ0n) is 34.1. The lowest BCUT2D eigenvalue weighted by molar-refractivity contribution is 1.08. The predicted molar refractivity (Wildman–Crippen MR) is 248 cm³/mol. The Morgan fingerprint density at radius 3 is 1.02 bits per heavy atom. The van der Waals surface area contributed by atoms with E-state index in [1.54, 1.807) is 0 Å². The van der Waals surface area contributed by atoms with Gasteiger partial charge in [-0.05, 0) is 101 Å². The zero-order valence-corrected chi connectivity index (χ0v) is 34.1. The standard InChI is InChI=1S/C55H39N5/c1-32-14-20-37(21-15-32)52-54(59-48-22-16-33(2)26-40(48)41-27-34(3)17-23-49(41)59)44(30-56)53(58-46-12-8-6-10-38(46)39-11-7-9-13-47(39)58)45(31-57)55(52)60-50-24-18-35(4)28-42(50)43-29-36(5)19-25-51(43)60/h6-29H,1-5H3. The maximum Gasteiger partial charge on any atom is 0.104 e. The first-order valence-electron chi connectivity index (χ1n) is 20.4. The quantitative estimate of drug-likeness (QED) is 0.179. The Labute approximate surface area is 347 Å². The van der Waals surface area contributed by atoms with Crippen LogP contribution in [0.3, 0.4) is 0 Å². The topological polar surface area (TPSA) is 62.4 Å². The molecule has 0 aliphatic carbocycles. The summed E-state index contributed by atoms with van der Waals surface area (Å²) < 4.78 is 6.75. The molecule has 11 rings (SSSR count). The van der Waals surface area contributed by atoms with Crippen LogP contribution in [0.4, 0.5) is 0 Å². The van der Waals surface area contributed by atoms with Crippen molar-refractivity contribution in [1.29, 1.82) is 10.5 Å². The lowest BCUT2D eigenvalue weighted by Gasteiger charge is -2.26. The van der Waals surface area contributed by atoms with Crippen molar-refractivity contribution in [2.24, 2.45) is 0 Å². The molecule has 0 aliphatic heterocycles. The van der Waals surface area contributed by atoms with Crippen LogP contribution in [0.5, 0.6) is 0 Å². The highest BCUT2D eigenvalue weighted by Crippen LogP contribution is 2.49. The van der Waals surface area contributed by atoms with Crippen molar-refractivity contribution in [2.45, 2.75) is 34.6 Å². The Balaban J connectivity index is 1.48. The molecule has 0 aliphatic rings. The van der Waals surface area contributed by atoms with E-state index in [-0.39, 0.29) is 0 Å². The van der Waals surface area contributed by atoms with Gasteiger partial charge in [0.05, 0.1) is 50.2 Å². The molecule has 0 spiro atoms. The molecule has 0 radical (unpaired) electrons. The Kier molecular flexibility index (Phi) is 7.70. The summed E-state index contributed by atoms with van der Waals surface area (Å²) in [6.45, 7) is 10.6. The molecule has 11 aromatic rings. The number of hydrogen-bond donors (Lipinski definition) is 0. The van der Waals surface area contributed by atoms with Crippen molar-refractivity contribution in [3.63, 3.8) is 0 Å². The number of rotatable bonds is 4. The highest BCUT2D eigenvalue weighted by molar-refractivity contribution is 6.15. The van der Waals surface area contributed by atoms with Crippen LogP contribution in [0.15, 0.2) is 146 Å². The highest BCUT2D eigenvalue weighted by atomic mass is 15.1. The molecule has 8 aromatic carbocycles. The van der Waals surface area contributed by atoms with Gasteiger partial charge in [-0.2, -0.15) is 10.5 Å². The molecule has 3 aromatic heterocycles. The number of benzene rings is 8. The lowest BCUT2D eigenvalue weighted by atomic mass is 9.91. The van der Waals surface area contributed by atoms with Crippen molar-refractivity contribution in [3.8, 4) is 40.3 Å². The number of aryl methyl sites for hydroxylation is 5. The van der Waals surface area contributed by atoms with Gasteiger partial charge in [-0.15, -0.1) is 0 Å². The minimum absolute atomic E-state index is 0.421. The summed E-state index contributed by atoms with van der Waals surface area (Å²) in [4.78, 5) is 0. The van der Waals surface area contributed by atoms with Crippen LogP contribution in [0.2, 0.25) is 0 Å². The highest BCUT2D eigenvalue weighted by Gasteiger charge is 2.33. The molecule has 0 atom stereocenters. The van der Waals surface area contributed by atoms with Crippen molar-refractivity contribution in [1.82, 2.24) is 13.7 Å². The van der Waals surface area contributed by atoms with E-state index in [0.29, 0.717) is 16.8 Å². The van der Waals surface area contributed by atoms with Crippen LogP contribution < -0.4 is 0 Å². The summed E-state index contributed by atoms with van der Waals surface area (Å²) >= 11 is 0. The first-order chi connectivity index (χ1) is 29.2. The van der Waals surface area contributed by atoms with Crippen molar-refractivity contribution in [2.75, 3.05) is 0 Å². The normalized spacial score (nSPS) is 11.7. The van der Waals surface area contributed by atoms with Crippen LogP contribution in [0, 0.1) is 57.3 Å². The maximum absolute atomic E-state index is 11.9. The molecule has 0 N–H and O–H groups in total. The Morgan fingerprint density at radius 2 is 0.650 bits per heavy atom. The molecule has 60 heavy (non-hydrogen) atoms. The molecular formula is C55H39N5. The number of hydrogen-bond acceptors (Lipinski definition) is 2. The summed E-state index contributed by atoms with van der Waals surface area (Å²) in [6.07, 6.45) is 0. The first kappa shape index (κ1) is 35.3. The fourth-order valence-electron chi connectivity index (χ4n) is 9.73. The van der Waals surface area contributed by atoms with E-state index >= 15 is 0 Å². The molecule has 0 unspecified atom stereocenters. The van der Waals surface area contributed by atoms with E-state index in [2.05, 4.69) is 194 Å². The lowest BCUT2D eigenvalue weighted by Crippen LogP contribution is -2.14. The third-order valence-electron chi connectivity index (χ3n) is 12.4. The van der Waals surface area contributed by atoms with E-state index < -0.39 is 0 Å². The Hall–Kier alpha value is -7.86. The van der Waals surface area contributed by atoms with Crippen LogP contribution in [-0.4, -0.2) is 13.7 Å². The zero-order chi connectivity index (χ0) is 41.0. The van der Waals surface area contributed by atoms with Crippen molar-refractivity contribution in [3.05, 3.63) is 185 Å². The van der Waals surface area contributed by atoms with Gasteiger partial charge in [0.2, 0.25) is 0 Å². The molecule has 0 fully saturated rings. The monoisotopic (exact) mass is 769 g/mol. The molecule has 5 heteroatoms. The second kappa shape index (κ2) is 13.1. The fraction of sp³-hybridized carbons (Fsp3) is 0.0909. The molecule has 5 nitrogen and oxygen atoms in total. The summed E-state index contributed by atoms with van der Waals surface area (Å²) in [5, 5.41) is 30.4. The largest absolute Gasteiger partial charge is 0.307 e.